The van der Waals surface area contributed by atoms with Gasteiger partial charge in [-0.3, -0.25) is 9.10 Å². The zero-order valence-corrected chi connectivity index (χ0v) is 22.0. The molecule has 7 nitrogen and oxygen atoms in total. The number of hydrazone groups is 1. The molecule has 34 heavy (non-hydrogen) atoms. The van der Waals surface area contributed by atoms with Crippen molar-refractivity contribution in [2.75, 3.05) is 29.6 Å². The zero-order valence-electron chi connectivity index (χ0n) is 18.9. The Kier molecular flexibility index (Phi) is 8.35. The maximum Gasteiger partial charge on any atom is 0.271 e. The third-order valence-electron chi connectivity index (χ3n) is 4.92. The fourth-order valence-corrected chi connectivity index (χ4v) is 4.98. The minimum atomic E-state index is -3.58. The van der Waals surface area contributed by atoms with Crippen molar-refractivity contribution in [3.05, 3.63) is 92.9 Å². The maximum absolute atomic E-state index is 12.5. The lowest BCUT2D eigenvalue weighted by Gasteiger charge is -2.23. The molecule has 0 aliphatic heterocycles. The van der Waals surface area contributed by atoms with Gasteiger partial charge in [0.2, 0.25) is 10.0 Å². The molecule has 0 unspecified atom stereocenters. The Morgan fingerprint density at radius 3 is 2.35 bits per heavy atom. The van der Waals surface area contributed by atoms with E-state index >= 15 is 0 Å². The maximum atomic E-state index is 12.5. The highest BCUT2D eigenvalue weighted by Crippen LogP contribution is 2.26. The molecule has 3 rings (SSSR count). The van der Waals surface area contributed by atoms with Crippen molar-refractivity contribution in [2.24, 2.45) is 5.10 Å². The first-order valence-corrected chi connectivity index (χ1v) is 13.2. The Balaban J connectivity index is 1.71. The van der Waals surface area contributed by atoms with E-state index in [1.54, 1.807) is 54.7 Å². The summed E-state index contributed by atoms with van der Waals surface area (Å²) in [4.78, 5) is 14.5. The van der Waals surface area contributed by atoms with Gasteiger partial charge in [-0.1, -0.05) is 35.9 Å². The molecule has 0 fully saturated rings. The van der Waals surface area contributed by atoms with Gasteiger partial charge in [0.25, 0.3) is 5.91 Å². The predicted octanol–water partition coefficient (Wildman–Crippen LogP) is 4.90. The lowest BCUT2D eigenvalue weighted by atomic mass is 10.2. The molecule has 0 heterocycles. The van der Waals surface area contributed by atoms with Crippen LogP contribution in [0, 0.1) is 0 Å². The summed E-state index contributed by atoms with van der Waals surface area (Å²) < 4.78 is 27.0. The van der Waals surface area contributed by atoms with E-state index in [1.165, 1.54) is 4.31 Å². The molecule has 0 saturated heterocycles. The van der Waals surface area contributed by atoms with E-state index < -0.39 is 15.9 Å². The van der Waals surface area contributed by atoms with Gasteiger partial charge in [-0.05, 0) is 69.5 Å². The van der Waals surface area contributed by atoms with Crippen LogP contribution in [-0.2, 0) is 16.6 Å². The van der Waals surface area contributed by atoms with Gasteiger partial charge in [-0.15, -0.1) is 0 Å². The minimum absolute atomic E-state index is 0.0799. The van der Waals surface area contributed by atoms with Gasteiger partial charge in [0.05, 0.1) is 30.4 Å². The average molecular weight is 564 g/mol. The normalized spacial score (nSPS) is 11.4. The summed E-state index contributed by atoms with van der Waals surface area (Å²) in [5.74, 6) is -0.413. The Morgan fingerprint density at radius 1 is 1.09 bits per heavy atom. The van der Waals surface area contributed by atoms with Crippen LogP contribution in [0.1, 0.15) is 21.5 Å². The Morgan fingerprint density at radius 2 is 1.76 bits per heavy atom. The van der Waals surface area contributed by atoms with E-state index in [1.807, 2.05) is 37.2 Å². The second-order valence-electron chi connectivity index (χ2n) is 7.71. The van der Waals surface area contributed by atoms with Crippen LogP contribution in [0.5, 0.6) is 0 Å². The number of nitrogens with zero attached hydrogens (tertiary/aromatic N) is 3. The van der Waals surface area contributed by atoms with Crippen molar-refractivity contribution < 1.29 is 13.2 Å². The number of hydrogen-bond acceptors (Lipinski definition) is 5. The molecule has 1 N–H and O–H groups in total. The van der Waals surface area contributed by atoms with Crippen LogP contribution in [-0.4, -0.2) is 40.9 Å². The number of carbonyl (C=O) groups is 1. The predicted molar refractivity (Wildman–Crippen MR) is 142 cm³/mol. The summed E-state index contributed by atoms with van der Waals surface area (Å²) >= 11 is 9.72. The molecule has 3 aromatic carbocycles. The van der Waals surface area contributed by atoms with E-state index in [-0.39, 0.29) is 6.54 Å². The standard InChI is InChI=1S/C24H24BrClN4O3S/c1-29(2)23-13-8-17(14-21(23)25)15-27-28-24(31)18-9-11-20(12-10-18)30(34(3,32)33)16-19-6-4-5-7-22(19)26/h4-15H,16H2,1-3H3,(H,28,31)/b27-15-. The molecule has 0 aliphatic carbocycles. The van der Waals surface area contributed by atoms with E-state index in [9.17, 15) is 13.2 Å². The zero-order chi connectivity index (χ0) is 24.9. The molecule has 3 aromatic rings. The molecule has 0 saturated carbocycles. The lowest BCUT2D eigenvalue weighted by molar-refractivity contribution is 0.0955. The number of halogens is 2. The third kappa shape index (κ3) is 6.59. The second-order valence-corrected chi connectivity index (χ2v) is 10.9. The van der Waals surface area contributed by atoms with Crippen LogP contribution < -0.4 is 14.6 Å². The van der Waals surface area contributed by atoms with Gasteiger partial charge in [-0.2, -0.15) is 5.10 Å². The van der Waals surface area contributed by atoms with Crippen molar-refractivity contribution in [1.29, 1.82) is 0 Å². The van der Waals surface area contributed by atoms with E-state index in [0.29, 0.717) is 21.8 Å². The summed E-state index contributed by atoms with van der Waals surface area (Å²) in [6, 6.07) is 19.1. The number of benzene rings is 3. The summed E-state index contributed by atoms with van der Waals surface area (Å²) in [6.07, 6.45) is 2.67. The fraction of sp³-hybridized carbons (Fsp3) is 0.167. The number of nitrogens with one attached hydrogen (secondary N) is 1. The summed E-state index contributed by atoms with van der Waals surface area (Å²) in [6.45, 7) is 0.0799. The quantitative estimate of drug-likeness (QED) is 0.312. The van der Waals surface area contributed by atoms with Gasteiger partial charge in [-0.25, -0.2) is 13.8 Å². The highest BCUT2D eigenvalue weighted by atomic mass is 79.9. The number of amides is 1. The minimum Gasteiger partial charge on any atom is -0.377 e. The molecular formula is C24H24BrClN4O3S. The number of rotatable bonds is 8. The molecule has 0 atom stereocenters. The SMILES string of the molecule is CN(C)c1ccc(/C=N\NC(=O)c2ccc(N(Cc3ccccc3Cl)S(C)(=O)=O)cc2)cc1Br. The molecule has 0 bridgehead atoms. The van der Waals surface area contributed by atoms with Crippen molar-refractivity contribution >= 4 is 61.1 Å². The lowest BCUT2D eigenvalue weighted by Crippen LogP contribution is -2.29. The molecule has 0 aliphatic rings. The third-order valence-corrected chi connectivity index (χ3v) is 7.07. The largest absolute Gasteiger partial charge is 0.377 e. The van der Waals surface area contributed by atoms with Crippen molar-refractivity contribution in [3.63, 3.8) is 0 Å². The van der Waals surface area contributed by atoms with Crippen molar-refractivity contribution in [1.82, 2.24) is 5.43 Å². The van der Waals surface area contributed by atoms with Crippen LogP contribution in [0.15, 0.2) is 76.3 Å². The van der Waals surface area contributed by atoms with Gasteiger partial charge in [0, 0.05) is 29.2 Å². The molecular weight excluding hydrogens is 540 g/mol. The Bertz CT molecular complexity index is 1310. The van der Waals surface area contributed by atoms with Crippen LogP contribution in [0.4, 0.5) is 11.4 Å². The summed E-state index contributed by atoms with van der Waals surface area (Å²) in [7, 11) is 0.320. The molecule has 10 heteroatoms. The van der Waals surface area contributed by atoms with Crippen LogP contribution in [0.3, 0.4) is 0 Å². The highest BCUT2D eigenvalue weighted by Gasteiger charge is 2.19. The van der Waals surface area contributed by atoms with Gasteiger partial charge < -0.3 is 4.90 Å². The molecule has 0 radical (unpaired) electrons. The van der Waals surface area contributed by atoms with Gasteiger partial charge in [0.15, 0.2) is 0 Å². The van der Waals surface area contributed by atoms with Crippen molar-refractivity contribution in [3.8, 4) is 0 Å². The first-order chi connectivity index (χ1) is 16.1. The summed E-state index contributed by atoms with van der Waals surface area (Å²) in [5, 5.41) is 4.50. The summed E-state index contributed by atoms with van der Waals surface area (Å²) in [5.41, 5.74) is 5.77. The topological polar surface area (TPSA) is 82.1 Å². The number of hydrogen-bond donors (Lipinski definition) is 1. The van der Waals surface area contributed by atoms with Gasteiger partial charge in [0.1, 0.15) is 0 Å². The van der Waals surface area contributed by atoms with E-state index in [4.69, 9.17) is 11.6 Å². The molecule has 0 aromatic heterocycles. The van der Waals surface area contributed by atoms with Crippen molar-refractivity contribution in [2.45, 2.75) is 6.54 Å². The smallest absolute Gasteiger partial charge is 0.271 e. The molecule has 178 valence electrons. The van der Waals surface area contributed by atoms with E-state index in [0.717, 1.165) is 22.0 Å². The first kappa shape index (κ1) is 25.7. The van der Waals surface area contributed by atoms with Crippen LogP contribution in [0.2, 0.25) is 5.02 Å². The van der Waals surface area contributed by atoms with Crippen LogP contribution in [0.25, 0.3) is 0 Å². The first-order valence-electron chi connectivity index (χ1n) is 10.2. The average Bonchev–Trinajstić information content (AvgIpc) is 2.77. The Labute approximate surface area is 213 Å². The number of sulfonamides is 1. The fourth-order valence-electron chi connectivity index (χ4n) is 3.16. The van der Waals surface area contributed by atoms with Gasteiger partial charge >= 0.3 is 0 Å². The van der Waals surface area contributed by atoms with Crippen LogP contribution >= 0.6 is 27.5 Å². The molecule has 0 spiro atoms. The number of anilines is 2. The molecule has 1 amide bonds. The number of carbonyl (C=O) groups excluding carboxylic acids is 1. The monoisotopic (exact) mass is 562 g/mol. The second kappa shape index (κ2) is 11.0. The Hall–Kier alpha value is -2.88. The highest BCUT2D eigenvalue weighted by molar-refractivity contribution is 9.10. The van der Waals surface area contributed by atoms with E-state index in [2.05, 4.69) is 26.5 Å².